The fraction of sp³-hybridized carbons (Fsp3) is 0.846. The summed E-state index contributed by atoms with van der Waals surface area (Å²) in [5, 5.41) is 0. The molecule has 2 nitrogen and oxygen atoms in total. The van der Waals surface area contributed by atoms with Crippen molar-refractivity contribution in [2.45, 2.75) is 52.2 Å². The van der Waals surface area contributed by atoms with Crippen molar-refractivity contribution in [3.8, 4) is 0 Å². The van der Waals surface area contributed by atoms with E-state index in [1.807, 2.05) is 13.8 Å². The Kier molecular flexibility index (Phi) is 4.35. The molecule has 2 rings (SSSR count). The average Bonchev–Trinajstić information content (AvgIpc) is 2.51. The van der Waals surface area contributed by atoms with Gasteiger partial charge in [0, 0.05) is 13.1 Å². The van der Waals surface area contributed by atoms with Crippen molar-refractivity contribution in [3.05, 3.63) is 11.6 Å². The van der Waals surface area contributed by atoms with Gasteiger partial charge in [-0.15, -0.1) is 0 Å². The maximum atomic E-state index is 6.03. The summed E-state index contributed by atoms with van der Waals surface area (Å²) >= 11 is 0. The Labute approximate surface area is 94.3 Å². The van der Waals surface area contributed by atoms with Crippen LogP contribution in [-0.2, 0) is 4.74 Å². The number of piperidine rings is 1. The highest BCUT2D eigenvalue weighted by atomic mass is 16.5. The van der Waals surface area contributed by atoms with Crippen molar-refractivity contribution in [2.75, 3.05) is 20.1 Å². The molecule has 0 aromatic carbocycles. The summed E-state index contributed by atoms with van der Waals surface area (Å²) in [4.78, 5) is 2.38. The molecule has 0 aromatic rings. The average molecular weight is 211 g/mol. The van der Waals surface area contributed by atoms with E-state index in [1.165, 1.54) is 5.57 Å². The molecule has 0 saturated carbocycles. The first-order chi connectivity index (χ1) is 7.11. The van der Waals surface area contributed by atoms with Crippen molar-refractivity contribution in [1.82, 2.24) is 4.90 Å². The van der Waals surface area contributed by atoms with Crippen molar-refractivity contribution >= 4 is 0 Å². The molecule has 0 bridgehead atoms. The SMILES string of the molecule is CC.CC1=CC2(CCN(C)CC2)OC1C. The molecule has 2 heteroatoms. The van der Waals surface area contributed by atoms with Gasteiger partial charge in [-0.25, -0.2) is 0 Å². The summed E-state index contributed by atoms with van der Waals surface area (Å²) in [6.45, 7) is 10.7. The molecular weight excluding hydrogens is 186 g/mol. The number of rotatable bonds is 0. The third-order valence-electron chi connectivity index (χ3n) is 3.38. The monoisotopic (exact) mass is 211 g/mol. The van der Waals surface area contributed by atoms with Crippen LogP contribution in [0.2, 0.25) is 0 Å². The summed E-state index contributed by atoms with van der Waals surface area (Å²) in [7, 11) is 2.18. The van der Waals surface area contributed by atoms with Gasteiger partial charge in [-0.1, -0.05) is 19.9 Å². The van der Waals surface area contributed by atoms with Crippen molar-refractivity contribution < 1.29 is 4.74 Å². The van der Waals surface area contributed by atoms with Crippen LogP contribution in [0, 0.1) is 0 Å². The van der Waals surface area contributed by atoms with Crippen LogP contribution in [0.15, 0.2) is 11.6 Å². The highest BCUT2D eigenvalue weighted by Crippen LogP contribution is 2.36. The zero-order valence-corrected chi connectivity index (χ0v) is 10.8. The van der Waals surface area contributed by atoms with Gasteiger partial charge in [-0.2, -0.15) is 0 Å². The molecule has 88 valence electrons. The van der Waals surface area contributed by atoms with Gasteiger partial charge in [0.15, 0.2) is 0 Å². The minimum Gasteiger partial charge on any atom is -0.364 e. The Hall–Kier alpha value is -0.340. The third-order valence-corrected chi connectivity index (χ3v) is 3.38. The Morgan fingerprint density at radius 3 is 2.27 bits per heavy atom. The summed E-state index contributed by atoms with van der Waals surface area (Å²) in [6.07, 6.45) is 5.00. The highest BCUT2D eigenvalue weighted by Gasteiger charge is 2.38. The predicted molar refractivity (Wildman–Crippen MR) is 65.1 cm³/mol. The second-order valence-corrected chi connectivity index (χ2v) is 4.52. The molecule has 1 atom stereocenters. The second kappa shape index (κ2) is 5.13. The zero-order chi connectivity index (χ0) is 11.5. The number of hydrogen-bond acceptors (Lipinski definition) is 2. The standard InChI is InChI=1S/C11H19NO.C2H6/c1-9-8-11(13-10(9)2)4-6-12(3)7-5-11;1-2/h8,10H,4-7H2,1-3H3;1-2H3. The van der Waals surface area contributed by atoms with E-state index >= 15 is 0 Å². The number of nitrogens with zero attached hydrogens (tertiary/aromatic N) is 1. The fourth-order valence-corrected chi connectivity index (χ4v) is 2.27. The topological polar surface area (TPSA) is 12.5 Å². The van der Waals surface area contributed by atoms with Gasteiger partial charge < -0.3 is 9.64 Å². The Balaban J connectivity index is 0.000000531. The van der Waals surface area contributed by atoms with Crippen LogP contribution in [0.25, 0.3) is 0 Å². The van der Waals surface area contributed by atoms with Crippen LogP contribution in [-0.4, -0.2) is 36.7 Å². The normalized spacial score (nSPS) is 29.7. The summed E-state index contributed by atoms with van der Waals surface area (Å²) in [5.41, 5.74) is 1.50. The molecule has 0 aromatic heterocycles. The van der Waals surface area contributed by atoms with Gasteiger partial charge >= 0.3 is 0 Å². The lowest BCUT2D eigenvalue weighted by Gasteiger charge is -2.36. The van der Waals surface area contributed by atoms with E-state index < -0.39 is 0 Å². The first kappa shape index (κ1) is 12.7. The van der Waals surface area contributed by atoms with Crippen molar-refractivity contribution in [3.63, 3.8) is 0 Å². The van der Waals surface area contributed by atoms with Crippen LogP contribution in [0.5, 0.6) is 0 Å². The Morgan fingerprint density at radius 1 is 1.33 bits per heavy atom. The van der Waals surface area contributed by atoms with Crippen LogP contribution in [0.1, 0.15) is 40.5 Å². The molecule has 2 aliphatic rings. The van der Waals surface area contributed by atoms with E-state index in [4.69, 9.17) is 4.74 Å². The van der Waals surface area contributed by atoms with Crippen LogP contribution < -0.4 is 0 Å². The predicted octanol–water partition coefficient (Wildman–Crippen LogP) is 2.84. The molecule has 0 radical (unpaired) electrons. The second-order valence-electron chi connectivity index (χ2n) is 4.52. The van der Waals surface area contributed by atoms with Gasteiger partial charge in [-0.3, -0.25) is 0 Å². The minimum atomic E-state index is 0.0933. The molecule has 1 saturated heterocycles. The summed E-state index contributed by atoms with van der Waals surface area (Å²) in [6, 6.07) is 0. The van der Waals surface area contributed by atoms with E-state index in [2.05, 4.69) is 31.9 Å². The quantitative estimate of drug-likeness (QED) is 0.571. The number of likely N-dealkylation sites (tertiary alicyclic amines) is 1. The van der Waals surface area contributed by atoms with Crippen LogP contribution in [0.4, 0.5) is 0 Å². The first-order valence-corrected chi connectivity index (χ1v) is 6.17. The molecule has 2 aliphatic heterocycles. The molecule has 1 fully saturated rings. The first-order valence-electron chi connectivity index (χ1n) is 6.17. The zero-order valence-electron chi connectivity index (χ0n) is 10.8. The lowest BCUT2D eigenvalue weighted by molar-refractivity contribution is -0.0527. The molecule has 0 N–H and O–H groups in total. The summed E-state index contributed by atoms with van der Waals surface area (Å²) < 4.78 is 6.03. The molecule has 0 aliphatic carbocycles. The molecule has 15 heavy (non-hydrogen) atoms. The lowest BCUT2D eigenvalue weighted by atomic mass is 9.91. The van der Waals surface area contributed by atoms with Gasteiger partial charge in [0.1, 0.15) is 0 Å². The van der Waals surface area contributed by atoms with Gasteiger partial charge in [0.05, 0.1) is 11.7 Å². The fourth-order valence-electron chi connectivity index (χ4n) is 2.27. The Bertz CT molecular complexity index is 227. The lowest BCUT2D eigenvalue weighted by Crippen LogP contribution is -2.42. The highest BCUT2D eigenvalue weighted by molar-refractivity contribution is 5.20. The largest absolute Gasteiger partial charge is 0.364 e. The number of ether oxygens (including phenoxy) is 1. The number of hydrogen-bond donors (Lipinski definition) is 0. The minimum absolute atomic E-state index is 0.0933. The van der Waals surface area contributed by atoms with Gasteiger partial charge in [0.25, 0.3) is 0 Å². The van der Waals surface area contributed by atoms with E-state index in [1.54, 1.807) is 0 Å². The van der Waals surface area contributed by atoms with E-state index in [-0.39, 0.29) is 5.60 Å². The smallest absolute Gasteiger partial charge is 0.0898 e. The molecule has 1 spiro atoms. The van der Waals surface area contributed by atoms with E-state index in [0.717, 1.165) is 25.9 Å². The van der Waals surface area contributed by atoms with Gasteiger partial charge in [-0.05, 0) is 39.3 Å². The van der Waals surface area contributed by atoms with Crippen LogP contribution in [0.3, 0.4) is 0 Å². The molecule has 1 unspecified atom stereocenters. The molecule has 2 heterocycles. The van der Waals surface area contributed by atoms with E-state index in [9.17, 15) is 0 Å². The maximum Gasteiger partial charge on any atom is 0.0898 e. The third kappa shape index (κ3) is 2.82. The van der Waals surface area contributed by atoms with Crippen molar-refractivity contribution in [1.29, 1.82) is 0 Å². The summed E-state index contributed by atoms with van der Waals surface area (Å²) in [5.74, 6) is 0. The van der Waals surface area contributed by atoms with Crippen LogP contribution >= 0.6 is 0 Å². The van der Waals surface area contributed by atoms with Gasteiger partial charge in [0.2, 0.25) is 0 Å². The van der Waals surface area contributed by atoms with E-state index in [0.29, 0.717) is 6.10 Å². The van der Waals surface area contributed by atoms with Crippen molar-refractivity contribution in [2.24, 2.45) is 0 Å². The Morgan fingerprint density at radius 2 is 1.87 bits per heavy atom. The maximum absolute atomic E-state index is 6.03. The molecular formula is C13H25NO. The molecule has 0 amide bonds.